The Balaban J connectivity index is 2.28. The highest BCUT2D eigenvalue weighted by molar-refractivity contribution is 14.1. The summed E-state index contributed by atoms with van der Waals surface area (Å²) in [7, 11) is 0. The molecule has 0 aromatic carbocycles. The molecule has 0 heterocycles. The van der Waals surface area contributed by atoms with Gasteiger partial charge >= 0.3 is 0 Å². The molecule has 0 N–H and O–H groups in total. The Bertz CT molecular complexity index is 60.8. The quantitative estimate of drug-likeness (QED) is 0.438. The van der Waals surface area contributed by atoms with E-state index in [0.717, 1.165) is 9.84 Å². The summed E-state index contributed by atoms with van der Waals surface area (Å²) in [6, 6.07) is 0. The first-order chi connectivity index (χ1) is 3.80. The summed E-state index contributed by atoms with van der Waals surface area (Å²) >= 11 is 2.58. The monoisotopic (exact) mass is 224 g/mol. The van der Waals surface area contributed by atoms with Crippen molar-refractivity contribution < 1.29 is 0 Å². The van der Waals surface area contributed by atoms with Crippen molar-refractivity contribution in [3.63, 3.8) is 0 Å². The van der Waals surface area contributed by atoms with Crippen molar-refractivity contribution in [2.24, 2.45) is 5.92 Å². The highest BCUT2D eigenvalue weighted by Crippen LogP contribution is 2.29. The van der Waals surface area contributed by atoms with E-state index in [1.165, 1.54) is 25.7 Å². The summed E-state index contributed by atoms with van der Waals surface area (Å²) in [5, 5.41) is 0. The molecule has 2 atom stereocenters. The third kappa shape index (κ3) is 1.61. The molecule has 0 aliphatic heterocycles. The minimum Gasteiger partial charge on any atom is -0.0823 e. The molecule has 1 aliphatic carbocycles. The highest BCUT2D eigenvalue weighted by Gasteiger charge is 2.17. The maximum atomic E-state index is 2.58. The fourth-order valence-electron chi connectivity index (χ4n) is 1.27. The molecule has 1 aliphatic rings. The van der Waals surface area contributed by atoms with E-state index in [1.807, 2.05) is 0 Å². The number of halogens is 1. The van der Waals surface area contributed by atoms with Crippen LogP contribution >= 0.6 is 22.6 Å². The molecule has 1 unspecified atom stereocenters. The van der Waals surface area contributed by atoms with Crippen molar-refractivity contribution in [2.45, 2.75) is 36.5 Å². The third-order valence-corrected chi connectivity index (χ3v) is 3.86. The van der Waals surface area contributed by atoms with Gasteiger partial charge in [0.1, 0.15) is 0 Å². The summed E-state index contributed by atoms with van der Waals surface area (Å²) in [4.78, 5) is 0. The topological polar surface area (TPSA) is 0 Å². The van der Waals surface area contributed by atoms with Gasteiger partial charge in [0, 0.05) is 3.92 Å². The zero-order chi connectivity index (χ0) is 5.98. The summed E-state index contributed by atoms with van der Waals surface area (Å²) < 4.78 is 0.973. The Hall–Kier alpha value is 0.730. The van der Waals surface area contributed by atoms with Crippen molar-refractivity contribution >= 4 is 22.6 Å². The van der Waals surface area contributed by atoms with E-state index in [4.69, 9.17) is 0 Å². The van der Waals surface area contributed by atoms with Gasteiger partial charge in [-0.2, -0.15) is 0 Å². The molecule has 0 bridgehead atoms. The lowest BCUT2D eigenvalue weighted by Gasteiger charge is -2.23. The lowest BCUT2D eigenvalue weighted by molar-refractivity contribution is 0.409. The van der Waals surface area contributed by atoms with Crippen LogP contribution in [-0.2, 0) is 0 Å². The van der Waals surface area contributed by atoms with Crippen LogP contribution in [0.3, 0.4) is 0 Å². The minimum absolute atomic E-state index is 0.973. The van der Waals surface area contributed by atoms with Crippen molar-refractivity contribution in [1.29, 1.82) is 0 Å². The SMILES string of the molecule is C[C@H]1CCCCC1I. The number of alkyl halides is 1. The van der Waals surface area contributed by atoms with Gasteiger partial charge in [0.25, 0.3) is 0 Å². The van der Waals surface area contributed by atoms with Crippen molar-refractivity contribution in [3.05, 3.63) is 0 Å². The van der Waals surface area contributed by atoms with Crippen LogP contribution in [-0.4, -0.2) is 3.92 Å². The molecule has 1 saturated carbocycles. The first-order valence-corrected chi connectivity index (χ1v) is 4.69. The third-order valence-electron chi connectivity index (χ3n) is 2.01. The van der Waals surface area contributed by atoms with Crippen molar-refractivity contribution in [2.75, 3.05) is 0 Å². The van der Waals surface area contributed by atoms with E-state index in [2.05, 4.69) is 29.5 Å². The molecular formula is C7H13I. The lowest BCUT2D eigenvalue weighted by atomic mass is 9.91. The molecule has 1 heteroatoms. The van der Waals surface area contributed by atoms with Gasteiger partial charge in [-0.3, -0.25) is 0 Å². The number of hydrogen-bond acceptors (Lipinski definition) is 0. The molecule has 0 nitrogen and oxygen atoms in total. The van der Waals surface area contributed by atoms with E-state index in [-0.39, 0.29) is 0 Å². The second-order valence-corrected chi connectivity index (χ2v) is 4.38. The van der Waals surface area contributed by atoms with E-state index in [0.29, 0.717) is 0 Å². The van der Waals surface area contributed by atoms with E-state index >= 15 is 0 Å². The smallest absolute Gasteiger partial charge is 0.0135 e. The molecule has 8 heavy (non-hydrogen) atoms. The molecule has 0 saturated heterocycles. The van der Waals surface area contributed by atoms with Crippen molar-refractivity contribution in [3.8, 4) is 0 Å². The Labute approximate surface area is 65.2 Å². The second-order valence-electron chi connectivity index (χ2n) is 2.78. The molecule has 48 valence electrons. The first-order valence-electron chi connectivity index (χ1n) is 3.45. The highest BCUT2D eigenvalue weighted by atomic mass is 127. The summed E-state index contributed by atoms with van der Waals surface area (Å²) in [6.07, 6.45) is 5.87. The molecular weight excluding hydrogens is 211 g/mol. The van der Waals surface area contributed by atoms with Crippen LogP contribution in [0.5, 0.6) is 0 Å². The summed E-state index contributed by atoms with van der Waals surface area (Å²) in [6.45, 7) is 2.37. The molecule has 1 rings (SSSR count). The largest absolute Gasteiger partial charge is 0.0823 e. The van der Waals surface area contributed by atoms with Crippen LogP contribution in [0.15, 0.2) is 0 Å². The van der Waals surface area contributed by atoms with Gasteiger partial charge in [-0.1, -0.05) is 42.4 Å². The van der Waals surface area contributed by atoms with Gasteiger partial charge in [-0.15, -0.1) is 0 Å². The fraction of sp³-hybridized carbons (Fsp3) is 1.00. The molecule has 0 aromatic heterocycles. The van der Waals surface area contributed by atoms with E-state index < -0.39 is 0 Å². The lowest BCUT2D eigenvalue weighted by Crippen LogP contribution is -2.15. The normalized spacial score (nSPS) is 39.8. The summed E-state index contributed by atoms with van der Waals surface area (Å²) in [5.74, 6) is 0.990. The Morgan fingerprint density at radius 3 is 2.25 bits per heavy atom. The Morgan fingerprint density at radius 2 is 1.88 bits per heavy atom. The zero-order valence-electron chi connectivity index (χ0n) is 5.36. The van der Waals surface area contributed by atoms with Gasteiger partial charge in [-0.25, -0.2) is 0 Å². The minimum atomic E-state index is 0.973. The molecule has 1 fully saturated rings. The van der Waals surface area contributed by atoms with Gasteiger partial charge in [0.2, 0.25) is 0 Å². The zero-order valence-corrected chi connectivity index (χ0v) is 7.52. The standard InChI is InChI=1S/C7H13I/c1-6-4-2-3-5-7(6)8/h6-7H,2-5H2,1H3/t6-,7?/m0/s1. The molecule has 0 amide bonds. The summed E-state index contributed by atoms with van der Waals surface area (Å²) in [5.41, 5.74) is 0. The predicted molar refractivity (Wildman–Crippen MR) is 45.4 cm³/mol. The average Bonchev–Trinajstić information content (AvgIpc) is 1.77. The van der Waals surface area contributed by atoms with Crippen LogP contribution in [0.1, 0.15) is 32.6 Å². The van der Waals surface area contributed by atoms with Crippen LogP contribution < -0.4 is 0 Å². The van der Waals surface area contributed by atoms with Crippen LogP contribution in [0.4, 0.5) is 0 Å². The molecule has 0 aromatic rings. The van der Waals surface area contributed by atoms with Gasteiger partial charge in [-0.05, 0) is 18.8 Å². The first kappa shape index (κ1) is 6.84. The maximum Gasteiger partial charge on any atom is 0.0135 e. The van der Waals surface area contributed by atoms with E-state index in [9.17, 15) is 0 Å². The van der Waals surface area contributed by atoms with Crippen molar-refractivity contribution in [1.82, 2.24) is 0 Å². The predicted octanol–water partition coefficient (Wildman–Crippen LogP) is 3.00. The Kier molecular flexibility index (Phi) is 2.60. The van der Waals surface area contributed by atoms with Crippen LogP contribution in [0.2, 0.25) is 0 Å². The van der Waals surface area contributed by atoms with Crippen LogP contribution in [0, 0.1) is 5.92 Å². The van der Waals surface area contributed by atoms with Gasteiger partial charge in [0.15, 0.2) is 0 Å². The molecule has 0 spiro atoms. The fourth-order valence-corrected chi connectivity index (χ4v) is 2.07. The van der Waals surface area contributed by atoms with Gasteiger partial charge in [0.05, 0.1) is 0 Å². The Morgan fingerprint density at radius 1 is 1.25 bits per heavy atom. The number of rotatable bonds is 0. The van der Waals surface area contributed by atoms with E-state index in [1.54, 1.807) is 0 Å². The van der Waals surface area contributed by atoms with Crippen LogP contribution in [0.25, 0.3) is 0 Å². The maximum absolute atomic E-state index is 2.58. The molecule has 0 radical (unpaired) electrons. The number of hydrogen-bond donors (Lipinski definition) is 0. The van der Waals surface area contributed by atoms with Gasteiger partial charge < -0.3 is 0 Å². The average molecular weight is 224 g/mol. The second kappa shape index (κ2) is 3.04.